The maximum Gasteiger partial charge on any atom is 0.358 e. The first-order chi connectivity index (χ1) is 8.16. The molecule has 0 unspecified atom stereocenters. The quantitative estimate of drug-likeness (QED) is 0.639. The van der Waals surface area contributed by atoms with E-state index in [1.807, 2.05) is 24.3 Å². The highest BCUT2D eigenvalue weighted by atomic mass is 32.2. The van der Waals surface area contributed by atoms with Crippen molar-refractivity contribution >= 4 is 23.4 Å². The smallest absolute Gasteiger partial charge is 0.358 e. The first-order valence-electron chi connectivity index (χ1n) is 4.83. The molecule has 0 saturated heterocycles. The lowest BCUT2D eigenvalue weighted by molar-refractivity contribution is 0.0685. The predicted octanol–water partition coefficient (Wildman–Crippen LogP) is 2.25. The van der Waals surface area contributed by atoms with E-state index in [0.29, 0.717) is 17.2 Å². The Kier molecular flexibility index (Phi) is 3.34. The van der Waals surface area contributed by atoms with Gasteiger partial charge in [0.1, 0.15) is 5.76 Å². The summed E-state index contributed by atoms with van der Waals surface area (Å²) < 4.78 is 4.90. The summed E-state index contributed by atoms with van der Waals surface area (Å²) in [7, 11) is 0. The Bertz CT molecular complexity index is 539. The number of aromatic nitrogens is 1. The van der Waals surface area contributed by atoms with Gasteiger partial charge in [0, 0.05) is 16.6 Å². The number of carboxylic acid groups (broad SMARTS) is 1. The number of rotatable bonds is 4. The Hall–Kier alpha value is -1.95. The summed E-state index contributed by atoms with van der Waals surface area (Å²) in [5, 5.41) is 12.1. The number of anilines is 1. The van der Waals surface area contributed by atoms with Crippen LogP contribution >= 0.6 is 11.8 Å². The lowest BCUT2D eigenvalue weighted by atomic mass is 10.3. The van der Waals surface area contributed by atoms with Gasteiger partial charge in [-0.3, -0.25) is 0 Å². The number of nitrogen functional groups attached to an aromatic ring is 1. The van der Waals surface area contributed by atoms with Crippen LogP contribution in [0.1, 0.15) is 16.2 Å². The van der Waals surface area contributed by atoms with Gasteiger partial charge in [0.05, 0.1) is 5.75 Å². The largest absolute Gasteiger partial charge is 0.476 e. The second-order valence-corrected chi connectivity index (χ2v) is 4.33. The highest BCUT2D eigenvalue weighted by Gasteiger charge is 2.11. The standard InChI is InChI=1S/C11H10N2O3S/c12-8-3-1-2-4-10(8)17-6-7-5-9(11(14)15)13-16-7/h1-5H,6,12H2,(H,14,15). The predicted molar refractivity (Wildman–Crippen MR) is 63.9 cm³/mol. The van der Waals surface area contributed by atoms with Crippen molar-refractivity contribution in [1.29, 1.82) is 0 Å². The third-order valence-electron chi connectivity index (χ3n) is 2.07. The summed E-state index contributed by atoms with van der Waals surface area (Å²) in [6, 6.07) is 8.87. The number of carboxylic acids is 1. The summed E-state index contributed by atoms with van der Waals surface area (Å²) in [6.07, 6.45) is 0. The van der Waals surface area contributed by atoms with Gasteiger partial charge < -0.3 is 15.4 Å². The van der Waals surface area contributed by atoms with Crippen LogP contribution in [0.15, 0.2) is 39.8 Å². The first kappa shape index (κ1) is 11.5. The Morgan fingerprint density at radius 3 is 2.88 bits per heavy atom. The van der Waals surface area contributed by atoms with Crippen LogP contribution in [0.25, 0.3) is 0 Å². The van der Waals surface area contributed by atoms with Gasteiger partial charge in [0.15, 0.2) is 5.69 Å². The van der Waals surface area contributed by atoms with E-state index in [4.69, 9.17) is 15.4 Å². The molecule has 0 radical (unpaired) electrons. The molecule has 0 saturated carbocycles. The van der Waals surface area contributed by atoms with Crippen LogP contribution in [-0.4, -0.2) is 16.2 Å². The molecule has 6 heteroatoms. The third kappa shape index (κ3) is 2.79. The SMILES string of the molecule is Nc1ccccc1SCc1cc(C(=O)O)no1. The van der Waals surface area contributed by atoms with E-state index >= 15 is 0 Å². The fourth-order valence-corrected chi connectivity index (χ4v) is 2.09. The average molecular weight is 250 g/mol. The Balaban J connectivity index is 2.02. The monoisotopic (exact) mass is 250 g/mol. The number of thioether (sulfide) groups is 1. The van der Waals surface area contributed by atoms with Gasteiger partial charge in [-0.25, -0.2) is 4.79 Å². The van der Waals surface area contributed by atoms with E-state index in [-0.39, 0.29) is 5.69 Å². The Labute approximate surface area is 102 Å². The molecule has 2 rings (SSSR count). The van der Waals surface area contributed by atoms with E-state index in [0.717, 1.165) is 4.90 Å². The molecule has 0 spiro atoms. The van der Waals surface area contributed by atoms with Gasteiger partial charge in [-0.2, -0.15) is 0 Å². The molecule has 0 atom stereocenters. The molecule has 0 aliphatic carbocycles. The molecular weight excluding hydrogens is 240 g/mol. The zero-order valence-electron chi connectivity index (χ0n) is 8.79. The van der Waals surface area contributed by atoms with Crippen LogP contribution in [0, 0.1) is 0 Å². The number of carbonyl (C=O) groups is 1. The minimum atomic E-state index is -1.09. The Morgan fingerprint density at radius 2 is 2.24 bits per heavy atom. The normalized spacial score (nSPS) is 10.4. The summed E-state index contributed by atoms with van der Waals surface area (Å²) >= 11 is 1.47. The molecule has 1 aromatic heterocycles. The molecule has 3 N–H and O–H groups in total. The first-order valence-corrected chi connectivity index (χ1v) is 5.81. The maximum absolute atomic E-state index is 10.6. The highest BCUT2D eigenvalue weighted by Crippen LogP contribution is 2.27. The second-order valence-electron chi connectivity index (χ2n) is 3.31. The van der Waals surface area contributed by atoms with E-state index < -0.39 is 5.97 Å². The fourth-order valence-electron chi connectivity index (χ4n) is 1.24. The summed E-state index contributed by atoms with van der Waals surface area (Å²) in [5.74, 6) is -0.0889. The molecule has 0 amide bonds. The van der Waals surface area contributed by atoms with Crippen molar-refractivity contribution in [2.45, 2.75) is 10.6 Å². The number of nitrogens with two attached hydrogens (primary N) is 1. The van der Waals surface area contributed by atoms with E-state index in [2.05, 4.69) is 5.16 Å². The van der Waals surface area contributed by atoms with Crippen molar-refractivity contribution in [3.8, 4) is 0 Å². The molecule has 0 bridgehead atoms. The van der Waals surface area contributed by atoms with Gasteiger partial charge >= 0.3 is 5.97 Å². The second kappa shape index (κ2) is 4.92. The zero-order valence-corrected chi connectivity index (χ0v) is 9.61. The lowest BCUT2D eigenvalue weighted by Crippen LogP contribution is -1.94. The van der Waals surface area contributed by atoms with E-state index in [1.165, 1.54) is 17.8 Å². The summed E-state index contributed by atoms with van der Waals surface area (Å²) in [6.45, 7) is 0. The lowest BCUT2D eigenvalue weighted by Gasteiger charge is -2.02. The van der Waals surface area contributed by atoms with Crippen LogP contribution in [-0.2, 0) is 5.75 Å². The number of hydrogen-bond donors (Lipinski definition) is 2. The van der Waals surface area contributed by atoms with Crippen molar-refractivity contribution in [2.24, 2.45) is 0 Å². The van der Waals surface area contributed by atoms with Crippen LogP contribution < -0.4 is 5.73 Å². The van der Waals surface area contributed by atoms with Crippen LogP contribution in [0.3, 0.4) is 0 Å². The van der Waals surface area contributed by atoms with E-state index in [9.17, 15) is 4.79 Å². The van der Waals surface area contributed by atoms with Gasteiger partial charge in [0.25, 0.3) is 0 Å². The number of para-hydroxylation sites is 1. The van der Waals surface area contributed by atoms with Crippen molar-refractivity contribution in [2.75, 3.05) is 5.73 Å². The number of benzene rings is 1. The van der Waals surface area contributed by atoms with Crippen molar-refractivity contribution in [3.05, 3.63) is 41.8 Å². The number of hydrogen-bond acceptors (Lipinski definition) is 5. The number of nitrogens with zero attached hydrogens (tertiary/aromatic N) is 1. The van der Waals surface area contributed by atoms with Gasteiger partial charge in [0.2, 0.25) is 0 Å². The highest BCUT2D eigenvalue weighted by molar-refractivity contribution is 7.98. The fraction of sp³-hybridized carbons (Fsp3) is 0.0909. The molecule has 88 valence electrons. The average Bonchev–Trinajstić information content (AvgIpc) is 2.77. The molecule has 0 aliphatic heterocycles. The molecule has 0 fully saturated rings. The van der Waals surface area contributed by atoms with Crippen molar-refractivity contribution < 1.29 is 14.4 Å². The maximum atomic E-state index is 10.6. The molecular formula is C11H10N2O3S. The van der Waals surface area contributed by atoms with Crippen LogP contribution in [0.5, 0.6) is 0 Å². The molecule has 0 aliphatic rings. The molecule has 1 aromatic carbocycles. The zero-order chi connectivity index (χ0) is 12.3. The minimum Gasteiger partial charge on any atom is -0.476 e. The molecule has 5 nitrogen and oxygen atoms in total. The molecule has 1 heterocycles. The van der Waals surface area contributed by atoms with E-state index in [1.54, 1.807) is 0 Å². The number of aromatic carboxylic acids is 1. The van der Waals surface area contributed by atoms with Crippen molar-refractivity contribution in [1.82, 2.24) is 5.16 Å². The van der Waals surface area contributed by atoms with Gasteiger partial charge in [-0.05, 0) is 12.1 Å². The summed E-state index contributed by atoms with van der Waals surface area (Å²) in [4.78, 5) is 11.5. The van der Waals surface area contributed by atoms with Crippen LogP contribution in [0.4, 0.5) is 5.69 Å². The summed E-state index contributed by atoms with van der Waals surface area (Å²) in [5.41, 5.74) is 6.39. The minimum absolute atomic E-state index is 0.0818. The third-order valence-corrected chi connectivity index (χ3v) is 3.18. The molecule has 17 heavy (non-hydrogen) atoms. The Morgan fingerprint density at radius 1 is 1.47 bits per heavy atom. The van der Waals surface area contributed by atoms with Gasteiger partial charge in [-0.1, -0.05) is 17.3 Å². The van der Waals surface area contributed by atoms with Gasteiger partial charge in [-0.15, -0.1) is 11.8 Å². The topological polar surface area (TPSA) is 89.4 Å². The molecule has 2 aromatic rings. The van der Waals surface area contributed by atoms with Crippen molar-refractivity contribution in [3.63, 3.8) is 0 Å². The van der Waals surface area contributed by atoms with Crippen LogP contribution in [0.2, 0.25) is 0 Å².